The average Bonchev–Trinajstić information content (AvgIpc) is 2.84. The van der Waals surface area contributed by atoms with Gasteiger partial charge >= 0.3 is 0 Å². The molecule has 2 atom stereocenters. The van der Waals surface area contributed by atoms with Gasteiger partial charge in [0.2, 0.25) is 0 Å². The third-order valence-electron chi connectivity index (χ3n) is 3.39. The summed E-state index contributed by atoms with van der Waals surface area (Å²) in [5.41, 5.74) is 7.21. The van der Waals surface area contributed by atoms with Gasteiger partial charge < -0.3 is 10.5 Å². The van der Waals surface area contributed by atoms with Crippen molar-refractivity contribution >= 4 is 0 Å². The highest BCUT2D eigenvalue weighted by atomic mass is 19.1. The summed E-state index contributed by atoms with van der Waals surface area (Å²) in [6.07, 6.45) is 0.238. The van der Waals surface area contributed by atoms with Crippen molar-refractivity contribution in [1.82, 2.24) is 0 Å². The largest absolute Gasteiger partial charge is 0.488 e. The van der Waals surface area contributed by atoms with Crippen LogP contribution >= 0.6 is 0 Å². The van der Waals surface area contributed by atoms with Gasteiger partial charge in [-0.05, 0) is 29.8 Å². The first-order valence-electron chi connectivity index (χ1n) is 6.10. The van der Waals surface area contributed by atoms with Crippen LogP contribution in [0.15, 0.2) is 42.5 Å². The zero-order valence-corrected chi connectivity index (χ0v) is 10.1. The Hall–Kier alpha value is -1.94. The molecule has 0 radical (unpaired) electrons. The molecular weight excluding hydrogens is 248 g/mol. The Bertz CT molecular complexity index is 590. The molecule has 1 heterocycles. The normalized spacial score (nSPS) is 18.8. The molecule has 0 aliphatic carbocycles. The van der Waals surface area contributed by atoms with Crippen LogP contribution in [0.1, 0.15) is 17.2 Å². The SMILES string of the molecule is NC(c1cc(F)ccc1F)C1Cc2ccccc2O1. The molecule has 3 rings (SSSR count). The first-order chi connectivity index (χ1) is 9.15. The van der Waals surface area contributed by atoms with Crippen LogP contribution < -0.4 is 10.5 Å². The number of nitrogens with two attached hydrogens (primary N) is 1. The number of halogens is 2. The van der Waals surface area contributed by atoms with Crippen LogP contribution in [-0.2, 0) is 6.42 Å². The molecule has 2 N–H and O–H groups in total. The van der Waals surface area contributed by atoms with E-state index in [1.165, 1.54) is 0 Å². The quantitative estimate of drug-likeness (QED) is 0.902. The summed E-state index contributed by atoms with van der Waals surface area (Å²) in [5, 5.41) is 0. The average molecular weight is 261 g/mol. The van der Waals surface area contributed by atoms with Crippen LogP contribution in [-0.4, -0.2) is 6.10 Å². The van der Waals surface area contributed by atoms with Crippen molar-refractivity contribution in [3.63, 3.8) is 0 Å². The fraction of sp³-hybridized carbons (Fsp3) is 0.200. The molecular formula is C15H13F2NO. The predicted molar refractivity (Wildman–Crippen MR) is 67.8 cm³/mol. The Morgan fingerprint density at radius 3 is 2.74 bits per heavy atom. The third-order valence-corrected chi connectivity index (χ3v) is 3.39. The lowest BCUT2D eigenvalue weighted by molar-refractivity contribution is 0.197. The van der Waals surface area contributed by atoms with Crippen LogP contribution in [0.4, 0.5) is 8.78 Å². The molecule has 0 bridgehead atoms. The second-order valence-electron chi connectivity index (χ2n) is 4.66. The predicted octanol–water partition coefficient (Wildman–Crippen LogP) is 2.97. The van der Waals surface area contributed by atoms with Crippen molar-refractivity contribution in [1.29, 1.82) is 0 Å². The number of rotatable bonds is 2. The lowest BCUT2D eigenvalue weighted by Crippen LogP contribution is -2.30. The lowest BCUT2D eigenvalue weighted by atomic mass is 9.98. The monoisotopic (exact) mass is 261 g/mol. The number of hydrogen-bond acceptors (Lipinski definition) is 2. The minimum Gasteiger partial charge on any atom is -0.488 e. The molecule has 0 amide bonds. The molecule has 19 heavy (non-hydrogen) atoms. The van der Waals surface area contributed by atoms with Gasteiger partial charge in [0.1, 0.15) is 23.5 Å². The van der Waals surface area contributed by atoms with Crippen LogP contribution in [0.2, 0.25) is 0 Å². The Morgan fingerprint density at radius 2 is 1.95 bits per heavy atom. The van der Waals surface area contributed by atoms with Gasteiger partial charge in [0.25, 0.3) is 0 Å². The van der Waals surface area contributed by atoms with Crippen LogP contribution in [0.3, 0.4) is 0 Å². The molecule has 2 nitrogen and oxygen atoms in total. The maximum atomic E-state index is 13.7. The summed E-state index contributed by atoms with van der Waals surface area (Å²) >= 11 is 0. The van der Waals surface area contributed by atoms with Crippen molar-refractivity contribution in [3.05, 3.63) is 65.2 Å². The Kier molecular flexibility index (Phi) is 2.95. The number of hydrogen-bond donors (Lipinski definition) is 1. The summed E-state index contributed by atoms with van der Waals surface area (Å²) < 4.78 is 32.6. The summed E-state index contributed by atoms with van der Waals surface area (Å²) in [6.45, 7) is 0. The van der Waals surface area contributed by atoms with E-state index in [4.69, 9.17) is 10.5 Å². The van der Waals surface area contributed by atoms with E-state index in [1.807, 2.05) is 24.3 Å². The highest BCUT2D eigenvalue weighted by Crippen LogP contribution is 2.33. The van der Waals surface area contributed by atoms with Crippen molar-refractivity contribution in [3.8, 4) is 5.75 Å². The van der Waals surface area contributed by atoms with Gasteiger partial charge in [0.05, 0.1) is 6.04 Å². The van der Waals surface area contributed by atoms with E-state index in [0.29, 0.717) is 6.42 Å². The van der Waals surface area contributed by atoms with Gasteiger partial charge in [0.15, 0.2) is 0 Å². The number of ether oxygens (including phenoxy) is 1. The second kappa shape index (κ2) is 4.63. The summed E-state index contributed by atoms with van der Waals surface area (Å²) in [7, 11) is 0. The first-order valence-corrected chi connectivity index (χ1v) is 6.10. The van der Waals surface area contributed by atoms with Crippen molar-refractivity contribution < 1.29 is 13.5 Å². The second-order valence-corrected chi connectivity index (χ2v) is 4.66. The molecule has 0 aromatic heterocycles. The van der Waals surface area contributed by atoms with Crippen molar-refractivity contribution in [2.45, 2.75) is 18.6 Å². The van der Waals surface area contributed by atoms with Crippen LogP contribution in [0.5, 0.6) is 5.75 Å². The highest BCUT2D eigenvalue weighted by molar-refractivity contribution is 5.38. The molecule has 2 aromatic carbocycles. The van der Waals surface area contributed by atoms with E-state index in [0.717, 1.165) is 29.5 Å². The fourth-order valence-electron chi connectivity index (χ4n) is 2.38. The minimum absolute atomic E-state index is 0.151. The van der Waals surface area contributed by atoms with Crippen LogP contribution in [0, 0.1) is 11.6 Å². The molecule has 2 aromatic rings. The first kappa shape index (κ1) is 12.1. The van der Waals surface area contributed by atoms with E-state index < -0.39 is 17.7 Å². The summed E-state index contributed by atoms with van der Waals surface area (Å²) in [5.74, 6) is -0.240. The molecule has 4 heteroatoms. The zero-order valence-electron chi connectivity index (χ0n) is 10.1. The van der Waals surface area contributed by atoms with Crippen molar-refractivity contribution in [2.24, 2.45) is 5.73 Å². The van der Waals surface area contributed by atoms with E-state index in [9.17, 15) is 8.78 Å². The topological polar surface area (TPSA) is 35.2 Å². The van der Waals surface area contributed by atoms with E-state index in [2.05, 4.69) is 0 Å². The van der Waals surface area contributed by atoms with Crippen LogP contribution in [0.25, 0.3) is 0 Å². The third kappa shape index (κ3) is 2.19. The van der Waals surface area contributed by atoms with Gasteiger partial charge in [-0.1, -0.05) is 18.2 Å². The van der Waals surface area contributed by atoms with Crippen molar-refractivity contribution in [2.75, 3.05) is 0 Å². The summed E-state index contributed by atoms with van der Waals surface area (Å²) in [6, 6.07) is 10.2. The Morgan fingerprint density at radius 1 is 1.16 bits per heavy atom. The smallest absolute Gasteiger partial charge is 0.128 e. The maximum Gasteiger partial charge on any atom is 0.128 e. The summed E-state index contributed by atoms with van der Waals surface area (Å²) in [4.78, 5) is 0. The van der Waals surface area contributed by atoms with Gasteiger partial charge in [-0.25, -0.2) is 8.78 Å². The lowest BCUT2D eigenvalue weighted by Gasteiger charge is -2.20. The molecule has 98 valence electrons. The molecule has 0 spiro atoms. The van der Waals surface area contributed by atoms with Gasteiger partial charge in [0, 0.05) is 12.0 Å². The van der Waals surface area contributed by atoms with Gasteiger partial charge in [-0.15, -0.1) is 0 Å². The molecule has 1 aliphatic heterocycles. The number of benzene rings is 2. The molecule has 1 aliphatic rings. The minimum atomic E-state index is -0.692. The van der Waals surface area contributed by atoms with E-state index >= 15 is 0 Å². The molecule has 0 fully saturated rings. The highest BCUT2D eigenvalue weighted by Gasteiger charge is 2.30. The van der Waals surface area contributed by atoms with E-state index in [1.54, 1.807) is 0 Å². The van der Waals surface area contributed by atoms with Gasteiger partial charge in [-0.2, -0.15) is 0 Å². The number of fused-ring (bicyclic) bond motifs is 1. The molecule has 0 saturated heterocycles. The Balaban J connectivity index is 1.87. The molecule has 0 saturated carbocycles. The maximum absolute atomic E-state index is 13.7. The molecule has 2 unspecified atom stereocenters. The van der Waals surface area contributed by atoms with E-state index in [-0.39, 0.29) is 11.7 Å². The standard InChI is InChI=1S/C15H13F2NO/c16-10-5-6-12(17)11(8-10)15(18)14-7-9-3-1-2-4-13(9)19-14/h1-6,8,14-15H,7,18H2. The zero-order chi connectivity index (χ0) is 13.4. The Labute approximate surface area is 109 Å². The fourth-order valence-corrected chi connectivity index (χ4v) is 2.38. The number of para-hydroxylation sites is 1. The van der Waals surface area contributed by atoms with Gasteiger partial charge in [-0.3, -0.25) is 0 Å².